The van der Waals surface area contributed by atoms with E-state index in [4.69, 9.17) is 16.9 Å². The molecule has 0 aliphatic rings. The Labute approximate surface area is 116 Å². The van der Waals surface area contributed by atoms with Crippen LogP contribution in [0.3, 0.4) is 0 Å². The van der Waals surface area contributed by atoms with Crippen LogP contribution in [0, 0.1) is 11.3 Å². The summed E-state index contributed by atoms with van der Waals surface area (Å²) in [5, 5.41) is 31.7. The first-order chi connectivity index (χ1) is 8.95. The van der Waals surface area contributed by atoms with Crippen molar-refractivity contribution in [2.75, 3.05) is 6.54 Å². The Kier molecular flexibility index (Phi) is 5.77. The van der Waals surface area contributed by atoms with Crippen molar-refractivity contribution in [2.24, 2.45) is 0 Å². The quantitative estimate of drug-likeness (QED) is 0.755. The molecule has 6 heteroatoms. The van der Waals surface area contributed by atoms with Gasteiger partial charge in [0.05, 0.1) is 17.7 Å². The standard InChI is InChI=1S/C13H15ClN2O3/c1-8(17)16-5-4-12(18)13(19)11-3-2-10(14)6-9(11)7-15/h2-3,6,12-13,18-19H,4-5H2,1H3,(H,16,17). The molecule has 0 fully saturated rings. The van der Waals surface area contributed by atoms with E-state index in [1.165, 1.54) is 19.1 Å². The highest BCUT2D eigenvalue weighted by Crippen LogP contribution is 2.24. The SMILES string of the molecule is CC(=O)NCCC(O)C(O)c1ccc(Cl)cc1C#N. The fraction of sp³-hybridized carbons (Fsp3) is 0.385. The molecule has 1 rings (SSSR count). The minimum Gasteiger partial charge on any atom is -0.390 e. The second kappa shape index (κ2) is 7.10. The summed E-state index contributed by atoms with van der Waals surface area (Å²) in [5.74, 6) is -0.203. The summed E-state index contributed by atoms with van der Waals surface area (Å²) in [5.41, 5.74) is 0.542. The van der Waals surface area contributed by atoms with Gasteiger partial charge < -0.3 is 15.5 Å². The highest BCUT2D eigenvalue weighted by Gasteiger charge is 2.21. The molecule has 0 saturated heterocycles. The number of benzene rings is 1. The largest absolute Gasteiger partial charge is 0.390 e. The van der Waals surface area contributed by atoms with Crippen molar-refractivity contribution in [3.8, 4) is 6.07 Å². The van der Waals surface area contributed by atoms with Crippen LogP contribution in [-0.4, -0.2) is 28.8 Å². The number of rotatable bonds is 5. The lowest BCUT2D eigenvalue weighted by atomic mass is 9.97. The van der Waals surface area contributed by atoms with E-state index in [2.05, 4.69) is 5.32 Å². The second-order valence-corrected chi connectivity index (χ2v) is 4.56. The van der Waals surface area contributed by atoms with Crippen LogP contribution in [0.1, 0.15) is 30.6 Å². The maximum Gasteiger partial charge on any atom is 0.216 e. The molecule has 1 amide bonds. The van der Waals surface area contributed by atoms with E-state index < -0.39 is 12.2 Å². The van der Waals surface area contributed by atoms with E-state index in [9.17, 15) is 15.0 Å². The molecule has 102 valence electrons. The van der Waals surface area contributed by atoms with Gasteiger partial charge in [-0.25, -0.2) is 0 Å². The van der Waals surface area contributed by atoms with Crippen molar-refractivity contribution in [3.63, 3.8) is 0 Å². The number of carbonyl (C=O) groups is 1. The maximum absolute atomic E-state index is 10.7. The first-order valence-electron chi connectivity index (χ1n) is 5.75. The topological polar surface area (TPSA) is 93.3 Å². The van der Waals surface area contributed by atoms with Gasteiger partial charge in [-0.15, -0.1) is 0 Å². The van der Waals surface area contributed by atoms with E-state index in [1.54, 1.807) is 6.07 Å². The van der Waals surface area contributed by atoms with Crippen LogP contribution >= 0.6 is 11.6 Å². The molecule has 0 aliphatic heterocycles. The Morgan fingerprint density at radius 1 is 1.53 bits per heavy atom. The third-order valence-corrected chi connectivity index (χ3v) is 2.87. The lowest BCUT2D eigenvalue weighted by Gasteiger charge is -2.19. The molecule has 1 aromatic carbocycles. The molecule has 3 N–H and O–H groups in total. The summed E-state index contributed by atoms with van der Waals surface area (Å²) >= 11 is 5.76. The van der Waals surface area contributed by atoms with E-state index >= 15 is 0 Å². The predicted octanol–water partition coefficient (Wildman–Crippen LogP) is 1.13. The lowest BCUT2D eigenvalue weighted by molar-refractivity contribution is -0.119. The van der Waals surface area contributed by atoms with Gasteiger partial charge in [-0.1, -0.05) is 17.7 Å². The number of aliphatic hydroxyl groups excluding tert-OH is 2. The molecule has 0 heterocycles. The van der Waals surface area contributed by atoms with E-state index in [-0.39, 0.29) is 24.4 Å². The van der Waals surface area contributed by atoms with Gasteiger partial charge in [0.25, 0.3) is 0 Å². The lowest BCUT2D eigenvalue weighted by Crippen LogP contribution is -2.28. The number of hydrogen-bond donors (Lipinski definition) is 3. The molecule has 0 aromatic heterocycles. The Hall–Kier alpha value is -1.61. The van der Waals surface area contributed by atoms with Gasteiger partial charge in [-0.2, -0.15) is 5.26 Å². The van der Waals surface area contributed by atoms with Crippen LogP contribution in [0.5, 0.6) is 0 Å². The maximum atomic E-state index is 10.7. The van der Waals surface area contributed by atoms with Gasteiger partial charge in [-0.05, 0) is 18.6 Å². The first kappa shape index (κ1) is 15.4. The highest BCUT2D eigenvalue weighted by atomic mass is 35.5. The Bertz CT molecular complexity index is 499. The summed E-state index contributed by atoms with van der Waals surface area (Å²) in [6.45, 7) is 1.62. The second-order valence-electron chi connectivity index (χ2n) is 4.13. The van der Waals surface area contributed by atoms with Crippen molar-refractivity contribution in [3.05, 3.63) is 34.3 Å². The number of hydrogen-bond acceptors (Lipinski definition) is 4. The zero-order valence-electron chi connectivity index (χ0n) is 10.4. The zero-order valence-corrected chi connectivity index (χ0v) is 11.2. The zero-order chi connectivity index (χ0) is 14.4. The summed E-state index contributed by atoms with van der Waals surface area (Å²) in [4.78, 5) is 10.7. The van der Waals surface area contributed by atoms with E-state index in [1.807, 2.05) is 6.07 Å². The van der Waals surface area contributed by atoms with Crippen LogP contribution < -0.4 is 5.32 Å². The monoisotopic (exact) mass is 282 g/mol. The van der Waals surface area contributed by atoms with Crippen LogP contribution in [0.15, 0.2) is 18.2 Å². The third-order valence-electron chi connectivity index (χ3n) is 2.63. The van der Waals surface area contributed by atoms with Gasteiger partial charge >= 0.3 is 0 Å². The number of halogens is 1. The smallest absolute Gasteiger partial charge is 0.216 e. The van der Waals surface area contributed by atoms with Crippen LogP contribution in [-0.2, 0) is 4.79 Å². The number of nitrogens with one attached hydrogen (secondary N) is 1. The Balaban J connectivity index is 2.74. The molecular formula is C13H15ClN2O3. The molecule has 0 saturated carbocycles. The van der Waals surface area contributed by atoms with Crippen molar-refractivity contribution < 1.29 is 15.0 Å². The highest BCUT2D eigenvalue weighted by molar-refractivity contribution is 6.30. The number of amides is 1. The van der Waals surface area contributed by atoms with Gasteiger partial charge in [-0.3, -0.25) is 4.79 Å². The molecule has 2 atom stereocenters. The van der Waals surface area contributed by atoms with Crippen molar-refractivity contribution >= 4 is 17.5 Å². The number of aliphatic hydroxyl groups is 2. The van der Waals surface area contributed by atoms with Crippen LogP contribution in [0.4, 0.5) is 0 Å². The molecular weight excluding hydrogens is 268 g/mol. The molecule has 2 unspecified atom stereocenters. The number of carbonyl (C=O) groups excluding carboxylic acids is 1. The number of nitrogens with zero attached hydrogens (tertiary/aromatic N) is 1. The van der Waals surface area contributed by atoms with Crippen molar-refractivity contribution in [2.45, 2.75) is 25.6 Å². The molecule has 1 aromatic rings. The van der Waals surface area contributed by atoms with Gasteiger partial charge in [0.15, 0.2) is 0 Å². The number of nitriles is 1. The van der Waals surface area contributed by atoms with Crippen molar-refractivity contribution in [1.82, 2.24) is 5.32 Å². The predicted molar refractivity (Wildman–Crippen MR) is 70.4 cm³/mol. The van der Waals surface area contributed by atoms with Gasteiger partial charge in [0, 0.05) is 24.1 Å². The van der Waals surface area contributed by atoms with Crippen LogP contribution in [0.25, 0.3) is 0 Å². The fourth-order valence-corrected chi connectivity index (χ4v) is 1.82. The van der Waals surface area contributed by atoms with Gasteiger partial charge in [0.2, 0.25) is 5.91 Å². The average molecular weight is 283 g/mol. The molecule has 19 heavy (non-hydrogen) atoms. The Morgan fingerprint density at radius 2 is 2.21 bits per heavy atom. The minimum atomic E-state index is -1.19. The van der Waals surface area contributed by atoms with E-state index in [0.717, 1.165) is 0 Å². The summed E-state index contributed by atoms with van der Waals surface area (Å²) in [6, 6.07) is 6.40. The summed E-state index contributed by atoms with van der Waals surface area (Å²) in [7, 11) is 0. The summed E-state index contributed by atoms with van der Waals surface area (Å²) in [6.07, 6.45) is -2.07. The van der Waals surface area contributed by atoms with Crippen molar-refractivity contribution in [1.29, 1.82) is 5.26 Å². The summed E-state index contributed by atoms with van der Waals surface area (Å²) < 4.78 is 0. The third kappa shape index (κ3) is 4.52. The molecule has 0 bridgehead atoms. The minimum absolute atomic E-state index is 0.189. The first-order valence-corrected chi connectivity index (χ1v) is 6.13. The fourth-order valence-electron chi connectivity index (χ4n) is 1.64. The molecule has 0 aliphatic carbocycles. The Morgan fingerprint density at radius 3 is 2.79 bits per heavy atom. The van der Waals surface area contributed by atoms with Gasteiger partial charge in [0.1, 0.15) is 6.10 Å². The molecule has 5 nitrogen and oxygen atoms in total. The molecule has 0 spiro atoms. The average Bonchev–Trinajstić information content (AvgIpc) is 2.37. The van der Waals surface area contributed by atoms with Crippen LogP contribution in [0.2, 0.25) is 5.02 Å². The van der Waals surface area contributed by atoms with E-state index in [0.29, 0.717) is 10.6 Å². The normalized spacial score (nSPS) is 13.4. The molecule has 0 radical (unpaired) electrons.